The maximum absolute atomic E-state index is 12.2. The highest BCUT2D eigenvalue weighted by molar-refractivity contribution is 5.93. The van der Waals surface area contributed by atoms with Crippen LogP contribution in [0.3, 0.4) is 0 Å². The third kappa shape index (κ3) is 6.14. The van der Waals surface area contributed by atoms with Crippen LogP contribution in [0.25, 0.3) is 0 Å². The Labute approximate surface area is 145 Å². The number of carboxylic acid groups (broad SMARTS) is 1. The molecular formula is C17H20N2O6. The van der Waals surface area contributed by atoms with Crippen molar-refractivity contribution in [2.24, 2.45) is 0 Å². The van der Waals surface area contributed by atoms with Crippen LogP contribution in [-0.4, -0.2) is 34.8 Å². The van der Waals surface area contributed by atoms with E-state index in [1.54, 1.807) is 44.2 Å². The van der Waals surface area contributed by atoms with Crippen LogP contribution in [0.1, 0.15) is 32.3 Å². The predicted octanol–water partition coefficient (Wildman–Crippen LogP) is 1.99. The van der Waals surface area contributed by atoms with Crippen molar-refractivity contribution in [2.45, 2.75) is 44.9 Å². The van der Waals surface area contributed by atoms with E-state index in [1.165, 1.54) is 6.07 Å². The summed E-state index contributed by atoms with van der Waals surface area (Å²) in [7, 11) is 0. The molecule has 8 heteroatoms. The molecule has 2 N–H and O–H groups in total. The average molecular weight is 348 g/mol. The Balaban J connectivity index is 2.84. The lowest BCUT2D eigenvalue weighted by Crippen LogP contribution is -2.56. The zero-order valence-corrected chi connectivity index (χ0v) is 14.0. The van der Waals surface area contributed by atoms with Crippen molar-refractivity contribution in [1.29, 1.82) is 5.26 Å². The van der Waals surface area contributed by atoms with Crippen molar-refractivity contribution >= 4 is 18.0 Å². The number of carbonyl (C=O) groups is 3. The van der Waals surface area contributed by atoms with Crippen LogP contribution in [0.4, 0.5) is 4.79 Å². The molecule has 0 bridgehead atoms. The van der Waals surface area contributed by atoms with Gasteiger partial charge in [0.1, 0.15) is 12.7 Å². The molecule has 2 unspecified atom stereocenters. The summed E-state index contributed by atoms with van der Waals surface area (Å²) in [5.74, 6) is -2.57. The van der Waals surface area contributed by atoms with Crippen LogP contribution in [0.15, 0.2) is 30.3 Å². The quantitative estimate of drug-likeness (QED) is 0.688. The number of hydrogen-bond donors (Lipinski definition) is 2. The van der Waals surface area contributed by atoms with E-state index in [9.17, 15) is 19.6 Å². The topological polar surface area (TPSA) is 126 Å². The van der Waals surface area contributed by atoms with Gasteiger partial charge in [-0.2, -0.15) is 5.26 Å². The Morgan fingerprint density at radius 2 is 1.96 bits per heavy atom. The van der Waals surface area contributed by atoms with Crippen LogP contribution < -0.4 is 5.32 Å². The summed E-state index contributed by atoms with van der Waals surface area (Å²) in [6.07, 6.45) is -2.10. The number of nitrogens with one attached hydrogen (secondary N) is 1. The van der Waals surface area contributed by atoms with E-state index in [4.69, 9.17) is 14.6 Å². The number of carboxylic acids is 1. The Kier molecular flexibility index (Phi) is 7.41. The molecule has 0 heterocycles. The van der Waals surface area contributed by atoms with Crippen molar-refractivity contribution in [3.05, 3.63) is 35.9 Å². The van der Waals surface area contributed by atoms with E-state index in [0.29, 0.717) is 12.0 Å². The molecule has 1 rings (SSSR count). The van der Waals surface area contributed by atoms with E-state index in [2.05, 4.69) is 0 Å². The first-order valence-electron chi connectivity index (χ1n) is 7.66. The van der Waals surface area contributed by atoms with Crippen LogP contribution >= 0.6 is 0 Å². The maximum Gasteiger partial charge on any atom is 0.409 e. The molecule has 8 nitrogen and oxygen atoms in total. The van der Waals surface area contributed by atoms with Gasteiger partial charge in [0.15, 0.2) is 0 Å². The molecule has 1 aromatic carbocycles. The first kappa shape index (κ1) is 20.0. The van der Waals surface area contributed by atoms with E-state index < -0.39 is 36.1 Å². The van der Waals surface area contributed by atoms with Gasteiger partial charge in [0.2, 0.25) is 5.54 Å². The van der Waals surface area contributed by atoms with Crippen molar-refractivity contribution in [3.8, 4) is 6.07 Å². The normalized spacial score (nSPS) is 13.6. The van der Waals surface area contributed by atoms with Gasteiger partial charge >= 0.3 is 18.0 Å². The van der Waals surface area contributed by atoms with Crippen LogP contribution in [-0.2, 0) is 25.7 Å². The highest BCUT2D eigenvalue weighted by Gasteiger charge is 2.45. The Bertz CT molecular complexity index is 655. The van der Waals surface area contributed by atoms with Crippen LogP contribution in [0.2, 0.25) is 0 Å². The summed E-state index contributed by atoms with van der Waals surface area (Å²) in [4.78, 5) is 35.2. The summed E-state index contributed by atoms with van der Waals surface area (Å²) in [5.41, 5.74) is -1.66. The first-order valence-corrected chi connectivity index (χ1v) is 7.66. The number of rotatable bonds is 8. The van der Waals surface area contributed by atoms with E-state index >= 15 is 0 Å². The summed E-state index contributed by atoms with van der Waals surface area (Å²) in [5, 5.41) is 20.4. The third-order valence-corrected chi connectivity index (χ3v) is 3.37. The summed E-state index contributed by atoms with van der Waals surface area (Å²) in [6, 6.07) is 10.3. The molecule has 1 aromatic rings. The number of esters is 1. The molecule has 0 aliphatic rings. The van der Waals surface area contributed by atoms with Gasteiger partial charge in [-0.15, -0.1) is 0 Å². The number of carbonyl (C=O) groups excluding carboxylic acids is 2. The van der Waals surface area contributed by atoms with Crippen molar-refractivity contribution in [1.82, 2.24) is 5.32 Å². The number of alkyl carbamates (subject to hydrolysis) is 1. The number of amides is 1. The van der Waals surface area contributed by atoms with Gasteiger partial charge < -0.3 is 14.6 Å². The molecule has 0 aliphatic carbocycles. The summed E-state index contributed by atoms with van der Waals surface area (Å²) < 4.78 is 9.97. The predicted molar refractivity (Wildman–Crippen MR) is 86.2 cm³/mol. The Morgan fingerprint density at radius 1 is 1.32 bits per heavy atom. The van der Waals surface area contributed by atoms with Gasteiger partial charge in [0, 0.05) is 0 Å². The second-order valence-electron chi connectivity index (χ2n) is 5.40. The van der Waals surface area contributed by atoms with Gasteiger partial charge in [-0.05, 0) is 18.9 Å². The van der Waals surface area contributed by atoms with Crippen LogP contribution in [0.5, 0.6) is 0 Å². The maximum atomic E-state index is 12.2. The first-order chi connectivity index (χ1) is 11.8. The zero-order valence-electron chi connectivity index (χ0n) is 14.0. The number of benzene rings is 1. The third-order valence-electron chi connectivity index (χ3n) is 3.37. The number of nitriles is 1. The number of nitrogens with zero attached hydrogens (tertiary/aromatic N) is 1. The smallest absolute Gasteiger partial charge is 0.409 e. The van der Waals surface area contributed by atoms with E-state index in [1.807, 2.05) is 5.32 Å². The number of hydrogen-bond acceptors (Lipinski definition) is 6. The van der Waals surface area contributed by atoms with Crippen LogP contribution in [0, 0.1) is 11.3 Å². The fraction of sp³-hybridized carbons (Fsp3) is 0.412. The van der Waals surface area contributed by atoms with Gasteiger partial charge in [-0.1, -0.05) is 37.3 Å². The largest absolute Gasteiger partial charge is 0.481 e. The molecule has 0 saturated carbocycles. The summed E-state index contributed by atoms with van der Waals surface area (Å²) in [6.45, 7) is 3.25. The molecule has 2 atom stereocenters. The van der Waals surface area contributed by atoms with E-state index in [0.717, 1.165) is 0 Å². The standard InChI is InChI=1S/C17H20N2O6/c1-3-12(2)25-15(22)17(11-18,9-14(20)21)19-16(23)24-10-13-7-5-4-6-8-13/h4-8,12H,3,9-10H2,1-2H3,(H,19,23)(H,20,21). The fourth-order valence-electron chi connectivity index (χ4n) is 1.81. The van der Waals surface area contributed by atoms with E-state index in [-0.39, 0.29) is 6.61 Å². The van der Waals surface area contributed by atoms with Crippen molar-refractivity contribution in [2.75, 3.05) is 0 Å². The number of ether oxygens (including phenoxy) is 2. The lowest BCUT2D eigenvalue weighted by Gasteiger charge is -2.25. The molecule has 0 aromatic heterocycles. The monoisotopic (exact) mass is 348 g/mol. The van der Waals surface area contributed by atoms with Gasteiger partial charge in [0.05, 0.1) is 12.5 Å². The minimum Gasteiger partial charge on any atom is -0.481 e. The van der Waals surface area contributed by atoms with Gasteiger partial charge in [-0.25, -0.2) is 9.59 Å². The molecular weight excluding hydrogens is 328 g/mol. The lowest BCUT2D eigenvalue weighted by atomic mass is 9.97. The average Bonchev–Trinajstić information content (AvgIpc) is 2.59. The molecule has 25 heavy (non-hydrogen) atoms. The minimum atomic E-state index is -2.36. The van der Waals surface area contributed by atoms with Gasteiger partial charge in [0.25, 0.3) is 0 Å². The Morgan fingerprint density at radius 3 is 2.48 bits per heavy atom. The van der Waals surface area contributed by atoms with Crippen molar-refractivity contribution < 1.29 is 29.0 Å². The second kappa shape index (κ2) is 9.27. The molecule has 0 spiro atoms. The highest BCUT2D eigenvalue weighted by Crippen LogP contribution is 2.15. The molecule has 0 radical (unpaired) electrons. The second-order valence-corrected chi connectivity index (χ2v) is 5.40. The molecule has 0 aliphatic heterocycles. The number of aliphatic carboxylic acids is 1. The minimum absolute atomic E-state index is 0.0956. The summed E-state index contributed by atoms with van der Waals surface area (Å²) >= 11 is 0. The SMILES string of the molecule is CCC(C)OC(=O)C(C#N)(CC(=O)O)NC(=O)OCc1ccccc1. The van der Waals surface area contributed by atoms with Gasteiger partial charge in [-0.3, -0.25) is 10.1 Å². The van der Waals surface area contributed by atoms with Crippen molar-refractivity contribution in [3.63, 3.8) is 0 Å². The Hall–Kier alpha value is -3.08. The highest BCUT2D eigenvalue weighted by atomic mass is 16.6. The zero-order chi connectivity index (χ0) is 18.9. The molecule has 1 amide bonds. The molecule has 0 saturated heterocycles. The fourth-order valence-corrected chi connectivity index (χ4v) is 1.81. The lowest BCUT2D eigenvalue weighted by molar-refractivity contribution is -0.157. The molecule has 0 fully saturated rings. The molecule has 134 valence electrons.